The van der Waals surface area contributed by atoms with Crippen molar-refractivity contribution in [1.29, 1.82) is 0 Å². The molecule has 0 aromatic carbocycles. The molecule has 2 unspecified atom stereocenters. The summed E-state index contributed by atoms with van der Waals surface area (Å²) < 4.78 is 11.9. The summed E-state index contributed by atoms with van der Waals surface area (Å²) in [5.74, 6) is -13.1. The number of hydrogen-bond acceptors (Lipinski definition) is 17. The summed E-state index contributed by atoms with van der Waals surface area (Å²) in [6, 6.07) is -8.88. The Morgan fingerprint density at radius 3 is 1.53 bits per heavy atom. The van der Waals surface area contributed by atoms with Crippen LogP contribution in [0.1, 0.15) is 188 Å². The predicted octanol–water partition coefficient (Wildman–Crippen LogP) is 4.97. The minimum atomic E-state index is -1.77. The lowest BCUT2D eigenvalue weighted by Gasteiger charge is -2.40. The van der Waals surface area contributed by atoms with E-state index in [0.717, 1.165) is 31.0 Å². The number of Topliss-reactive ketones (excluding diaryl/α,β-unsaturated/α-hetero) is 4. The van der Waals surface area contributed by atoms with Crippen molar-refractivity contribution in [2.75, 3.05) is 74.7 Å². The van der Waals surface area contributed by atoms with Crippen LogP contribution in [-0.2, 0) is 62.2 Å². The van der Waals surface area contributed by atoms with E-state index in [1.165, 1.54) is 82.5 Å². The highest BCUT2D eigenvalue weighted by Gasteiger charge is 2.46. The topological polar surface area (TPSA) is 310 Å². The average molecular weight is 1350 g/mol. The molecule has 16 atom stereocenters. The van der Waals surface area contributed by atoms with Gasteiger partial charge in [-0.05, 0) is 108 Å². The number of likely N-dealkylation sites (N-methyl/N-ethyl adjacent to an activating group) is 5. The highest BCUT2D eigenvalue weighted by molar-refractivity contribution is 6.00. The van der Waals surface area contributed by atoms with Crippen LogP contribution >= 0.6 is 0 Å². The van der Waals surface area contributed by atoms with E-state index in [0.29, 0.717) is 19.6 Å². The Morgan fingerprint density at radius 1 is 0.516 bits per heavy atom. The van der Waals surface area contributed by atoms with Crippen LogP contribution in [0.4, 0.5) is 0 Å². The van der Waals surface area contributed by atoms with Crippen LogP contribution in [0.15, 0.2) is 0 Å². The van der Waals surface area contributed by atoms with E-state index >= 15 is 14.4 Å². The van der Waals surface area contributed by atoms with Crippen molar-refractivity contribution in [3.8, 4) is 0 Å². The molecule has 2 saturated heterocycles. The zero-order valence-corrected chi connectivity index (χ0v) is 62.0. The van der Waals surface area contributed by atoms with Gasteiger partial charge in [-0.25, -0.2) is 0 Å². The maximum Gasteiger partial charge on any atom is 0.246 e. The molecule has 95 heavy (non-hydrogen) atoms. The van der Waals surface area contributed by atoms with Crippen LogP contribution in [0.5, 0.6) is 0 Å². The third kappa shape index (κ3) is 25.8. The van der Waals surface area contributed by atoms with Gasteiger partial charge in [0.2, 0.25) is 41.4 Å². The summed E-state index contributed by atoms with van der Waals surface area (Å²) in [6.07, 6.45) is -4.86. The standard InChI is InChI=1S/C71H126N8O16/c1-23-53-57(82)37-47(14)67(89)77(21)62(50(17)95-29-25-24-26-79-27-30-94-31-28-79)60(85)39-52(43(8)9)70(92)75(19)54(33-41(4)5)58(83)36-46(13)65(87)72-48(15)68(90)74(18)55(34-42(6)7)59(84)38-51(32-40(2)3)69(91)76(20)61(44(10)11)71(93)78(22)63(66(88)73-53)64(86)45(12)35-56(81)49(16)80/h40-56,61-64,80-81,86H,23-39H2,1-22H3,(H,72,87)(H,73,88)/t45-,46-,47+,48-,49?,50-,51-,52+,53+,54+,55+,56?,61+,62+,63+,64-/m1/s1. The van der Waals surface area contributed by atoms with Crippen LogP contribution in [0.2, 0.25) is 0 Å². The van der Waals surface area contributed by atoms with Crippen molar-refractivity contribution >= 4 is 64.5 Å². The van der Waals surface area contributed by atoms with Gasteiger partial charge < -0.3 is 59.9 Å². The lowest BCUT2D eigenvalue weighted by Crippen LogP contribution is -2.62. The molecule has 2 rings (SSSR count). The van der Waals surface area contributed by atoms with Crippen molar-refractivity contribution in [3.63, 3.8) is 0 Å². The number of morpholine rings is 1. The fourth-order valence-corrected chi connectivity index (χ4v) is 13.2. The van der Waals surface area contributed by atoms with Gasteiger partial charge in [-0.1, -0.05) is 96.9 Å². The van der Waals surface area contributed by atoms with Crippen molar-refractivity contribution in [2.45, 2.75) is 255 Å². The van der Waals surface area contributed by atoms with Crippen LogP contribution in [-0.4, -0.2) is 251 Å². The van der Waals surface area contributed by atoms with E-state index in [4.69, 9.17) is 9.47 Å². The molecule has 24 heteroatoms. The van der Waals surface area contributed by atoms with Crippen LogP contribution < -0.4 is 10.6 Å². The third-order valence-electron chi connectivity index (χ3n) is 19.2. The Hall–Kier alpha value is -5.27. The van der Waals surface area contributed by atoms with Gasteiger partial charge >= 0.3 is 0 Å². The molecule has 7 amide bonds. The van der Waals surface area contributed by atoms with Crippen molar-refractivity contribution < 1.29 is 77.5 Å². The molecule has 0 aliphatic carbocycles. The minimum Gasteiger partial charge on any atom is -0.391 e. The van der Waals surface area contributed by atoms with Crippen molar-refractivity contribution in [3.05, 3.63) is 0 Å². The first-order chi connectivity index (χ1) is 44.1. The first-order valence-electron chi connectivity index (χ1n) is 35.1. The van der Waals surface area contributed by atoms with Crippen molar-refractivity contribution in [1.82, 2.24) is 40.0 Å². The lowest BCUT2D eigenvalue weighted by atomic mass is 9.85. The van der Waals surface area contributed by atoms with Gasteiger partial charge in [0.1, 0.15) is 24.2 Å². The van der Waals surface area contributed by atoms with E-state index in [1.54, 1.807) is 48.5 Å². The second-order valence-electron chi connectivity index (χ2n) is 29.7. The number of nitrogens with one attached hydrogen (secondary N) is 2. The summed E-state index contributed by atoms with van der Waals surface area (Å²) in [6.45, 7) is 33.0. The summed E-state index contributed by atoms with van der Waals surface area (Å²) >= 11 is 0. The molecule has 2 aliphatic heterocycles. The quantitative estimate of drug-likeness (QED) is 0.0947. The van der Waals surface area contributed by atoms with Gasteiger partial charge in [0.15, 0.2) is 23.1 Å². The van der Waals surface area contributed by atoms with Gasteiger partial charge in [0, 0.05) is 104 Å². The number of nitrogens with zero attached hydrogens (tertiary/aromatic N) is 6. The second-order valence-corrected chi connectivity index (χ2v) is 29.7. The molecule has 546 valence electrons. The first-order valence-corrected chi connectivity index (χ1v) is 35.1. The Labute approximate surface area is 568 Å². The predicted molar refractivity (Wildman–Crippen MR) is 364 cm³/mol. The SMILES string of the molecule is CC[C@@H]1NC(=O)[C@H]([C@H](O)[C@H](C)CC(O)C(C)O)N(C)C(=O)[C@H](C(C)C)N(C)C(=O)[C@H](CC(C)C)CC(=O)[C@H](CC(C)C)N(C)C(=O)[C@@H](C)NC(=O)[C@H](C)CC(=O)[C@H](CC(C)C)N(C)C(=O)[C@H](C(C)C)CC(=O)[C@H]([C@@H](C)OCCCCN2CCOCC2)N(C)C(=O)[C@@H](C)CC1=O. The molecule has 2 aliphatic rings. The molecule has 5 N–H and O–H groups in total. The van der Waals surface area contributed by atoms with Gasteiger partial charge in [0.25, 0.3) is 0 Å². The smallest absolute Gasteiger partial charge is 0.246 e. The van der Waals surface area contributed by atoms with Gasteiger partial charge in [0.05, 0.1) is 55.8 Å². The summed E-state index contributed by atoms with van der Waals surface area (Å²) in [4.78, 5) is 171. The molecule has 0 bridgehead atoms. The summed E-state index contributed by atoms with van der Waals surface area (Å²) in [7, 11) is 7.11. The Balaban J connectivity index is 2.97. The molecule has 24 nitrogen and oxygen atoms in total. The first kappa shape index (κ1) is 85.8. The van der Waals surface area contributed by atoms with Crippen LogP contribution in [0.25, 0.3) is 0 Å². The van der Waals surface area contributed by atoms with Crippen LogP contribution in [0.3, 0.4) is 0 Å². The van der Waals surface area contributed by atoms with E-state index in [-0.39, 0.29) is 75.7 Å². The minimum absolute atomic E-state index is 0.00480. The fraction of sp³-hybridized carbons (Fsp3) is 0.845. The fourth-order valence-electron chi connectivity index (χ4n) is 13.2. The number of ether oxygens (including phenoxy) is 2. The molecule has 0 aromatic rings. The monoisotopic (exact) mass is 1350 g/mol. The number of ketones is 4. The van der Waals surface area contributed by atoms with E-state index in [2.05, 4.69) is 15.5 Å². The zero-order valence-electron chi connectivity index (χ0n) is 62.0. The summed E-state index contributed by atoms with van der Waals surface area (Å²) in [5.41, 5.74) is 0. The van der Waals surface area contributed by atoms with E-state index < -0.39 is 179 Å². The molecule has 0 spiro atoms. The number of aliphatic hydroxyl groups excluding tert-OH is 3. The molecule has 2 heterocycles. The number of unbranched alkanes of at least 4 members (excludes halogenated alkanes) is 1. The number of amides is 7. The van der Waals surface area contributed by atoms with E-state index in [1.807, 2.05) is 41.5 Å². The largest absolute Gasteiger partial charge is 0.391 e. The molecular weight excluding hydrogens is 1220 g/mol. The highest BCUT2D eigenvalue weighted by Crippen LogP contribution is 2.30. The number of hydrogen-bond donors (Lipinski definition) is 5. The van der Waals surface area contributed by atoms with Gasteiger partial charge in [-0.15, -0.1) is 0 Å². The maximum atomic E-state index is 15.2. The van der Waals surface area contributed by atoms with Crippen LogP contribution in [0, 0.1) is 59.2 Å². The third-order valence-corrected chi connectivity index (χ3v) is 19.2. The highest BCUT2D eigenvalue weighted by atomic mass is 16.5. The second kappa shape index (κ2) is 40.6. The maximum absolute atomic E-state index is 15.2. The van der Waals surface area contributed by atoms with Gasteiger partial charge in [-0.3, -0.25) is 57.6 Å². The Morgan fingerprint density at radius 2 is 1.02 bits per heavy atom. The number of rotatable bonds is 21. The average Bonchev–Trinajstić information content (AvgIpc) is 0.837. The normalized spacial score (nSPS) is 28.3. The molecule has 0 aromatic heterocycles. The molecule has 0 saturated carbocycles. The lowest BCUT2D eigenvalue weighted by molar-refractivity contribution is -0.155. The summed E-state index contributed by atoms with van der Waals surface area (Å²) in [5, 5.41) is 38.8. The zero-order chi connectivity index (χ0) is 72.8. The van der Waals surface area contributed by atoms with Crippen molar-refractivity contribution in [2.24, 2.45) is 59.2 Å². The Bertz CT molecular complexity index is 2520. The molecule has 0 radical (unpaired) electrons. The number of aliphatic hydroxyl groups is 3. The number of carbonyl (C=O) groups is 11. The van der Waals surface area contributed by atoms with Gasteiger partial charge in [-0.2, -0.15) is 0 Å². The Kier molecular flexibility index (Phi) is 36.7. The van der Waals surface area contributed by atoms with E-state index in [9.17, 15) is 53.7 Å². The molecule has 2 fully saturated rings. The number of carbonyl (C=O) groups excluding carboxylic acids is 11. The molecular formula is C71H126N8O16.